The van der Waals surface area contributed by atoms with Gasteiger partial charge in [0.1, 0.15) is 5.82 Å². The van der Waals surface area contributed by atoms with Crippen LogP contribution in [0.25, 0.3) is 0 Å². The Hall–Kier alpha value is -1.13. The van der Waals surface area contributed by atoms with Gasteiger partial charge < -0.3 is 15.1 Å². The van der Waals surface area contributed by atoms with E-state index in [0.717, 1.165) is 17.8 Å². The number of halogens is 1. The summed E-state index contributed by atoms with van der Waals surface area (Å²) < 4.78 is 13.4. The summed E-state index contributed by atoms with van der Waals surface area (Å²) in [6.45, 7) is 2.95. The van der Waals surface area contributed by atoms with Crippen LogP contribution in [0.15, 0.2) is 18.2 Å². The van der Waals surface area contributed by atoms with Crippen molar-refractivity contribution < 1.29 is 4.39 Å². The summed E-state index contributed by atoms with van der Waals surface area (Å²) in [5.41, 5.74) is 2.16. The molecule has 19 heavy (non-hydrogen) atoms. The highest BCUT2D eigenvalue weighted by atomic mass is 19.1. The highest BCUT2D eigenvalue weighted by Crippen LogP contribution is 2.25. The molecule has 1 unspecified atom stereocenters. The second kappa shape index (κ2) is 6.35. The molecule has 2 rings (SSSR count). The number of nitrogens with one attached hydrogen (secondary N) is 1. The zero-order chi connectivity index (χ0) is 13.8. The van der Waals surface area contributed by atoms with Crippen LogP contribution in [0.2, 0.25) is 0 Å². The lowest BCUT2D eigenvalue weighted by atomic mass is 10.0. The number of anilines is 1. The Bertz CT molecular complexity index is 422. The van der Waals surface area contributed by atoms with E-state index < -0.39 is 0 Å². The third-order valence-corrected chi connectivity index (χ3v) is 3.94. The van der Waals surface area contributed by atoms with E-state index in [2.05, 4.69) is 29.2 Å². The van der Waals surface area contributed by atoms with Gasteiger partial charge in [-0.05, 0) is 57.2 Å². The largest absolute Gasteiger partial charge is 0.370 e. The fourth-order valence-corrected chi connectivity index (χ4v) is 2.88. The van der Waals surface area contributed by atoms with Gasteiger partial charge in [-0.2, -0.15) is 0 Å². The molecule has 0 spiro atoms. The van der Waals surface area contributed by atoms with Gasteiger partial charge in [0.25, 0.3) is 0 Å². The van der Waals surface area contributed by atoms with Gasteiger partial charge in [0.2, 0.25) is 0 Å². The molecule has 106 valence electrons. The Kier molecular flexibility index (Phi) is 4.77. The van der Waals surface area contributed by atoms with E-state index in [1.807, 2.05) is 13.1 Å². The molecule has 1 atom stereocenters. The summed E-state index contributed by atoms with van der Waals surface area (Å²) in [7, 11) is 6.18. The SMILES string of the molecule is CNCc1cc(F)ccc1N(C)C1CCCN(C)C1. The number of nitrogens with zero attached hydrogens (tertiary/aromatic N) is 2. The van der Waals surface area contributed by atoms with Crippen LogP contribution >= 0.6 is 0 Å². The minimum absolute atomic E-state index is 0.164. The first-order valence-corrected chi connectivity index (χ1v) is 6.96. The number of likely N-dealkylation sites (N-methyl/N-ethyl adjacent to an activating group) is 2. The van der Waals surface area contributed by atoms with E-state index in [4.69, 9.17) is 0 Å². The third kappa shape index (κ3) is 3.45. The van der Waals surface area contributed by atoms with Gasteiger partial charge in [-0.25, -0.2) is 4.39 Å². The maximum Gasteiger partial charge on any atom is 0.123 e. The maximum absolute atomic E-state index is 13.4. The van der Waals surface area contributed by atoms with Crippen LogP contribution in [0.3, 0.4) is 0 Å². The molecule has 0 aliphatic carbocycles. The van der Waals surface area contributed by atoms with E-state index in [1.165, 1.54) is 19.4 Å². The number of rotatable bonds is 4. The molecule has 1 heterocycles. The van der Waals surface area contributed by atoms with Crippen LogP contribution in [0, 0.1) is 5.82 Å². The Labute approximate surface area is 115 Å². The van der Waals surface area contributed by atoms with Crippen LogP contribution in [-0.4, -0.2) is 45.2 Å². The van der Waals surface area contributed by atoms with Crippen LogP contribution in [0.5, 0.6) is 0 Å². The van der Waals surface area contributed by atoms with Crippen molar-refractivity contribution in [2.24, 2.45) is 0 Å². The van der Waals surface area contributed by atoms with Gasteiger partial charge in [-0.15, -0.1) is 0 Å². The van der Waals surface area contributed by atoms with Crippen molar-refractivity contribution in [3.8, 4) is 0 Å². The molecule has 0 aromatic heterocycles. The summed E-state index contributed by atoms with van der Waals surface area (Å²) >= 11 is 0. The van der Waals surface area contributed by atoms with Gasteiger partial charge in [0.15, 0.2) is 0 Å². The first kappa shape index (κ1) is 14.3. The fraction of sp³-hybridized carbons (Fsp3) is 0.600. The Morgan fingerprint density at radius 1 is 1.47 bits per heavy atom. The van der Waals surface area contributed by atoms with Gasteiger partial charge in [-0.1, -0.05) is 0 Å². The molecule has 0 amide bonds. The normalized spacial score (nSPS) is 20.5. The van der Waals surface area contributed by atoms with E-state index >= 15 is 0 Å². The predicted octanol–water partition coefficient (Wildman–Crippen LogP) is 2.08. The highest BCUT2D eigenvalue weighted by molar-refractivity contribution is 5.54. The molecular weight excluding hydrogens is 241 g/mol. The summed E-state index contributed by atoms with van der Waals surface area (Å²) in [5.74, 6) is -0.164. The van der Waals surface area contributed by atoms with Crippen molar-refractivity contribution in [3.63, 3.8) is 0 Å². The molecule has 0 saturated carbocycles. The van der Waals surface area contributed by atoms with Crippen molar-refractivity contribution in [2.45, 2.75) is 25.4 Å². The minimum atomic E-state index is -0.164. The fourth-order valence-electron chi connectivity index (χ4n) is 2.88. The maximum atomic E-state index is 13.4. The number of likely N-dealkylation sites (tertiary alicyclic amines) is 1. The molecule has 1 fully saturated rings. The summed E-state index contributed by atoms with van der Waals surface area (Å²) in [5, 5.41) is 3.11. The molecule has 1 aliphatic heterocycles. The molecule has 1 aromatic rings. The second-order valence-electron chi connectivity index (χ2n) is 5.47. The minimum Gasteiger partial charge on any atom is -0.370 e. The van der Waals surface area contributed by atoms with Gasteiger partial charge in [0, 0.05) is 31.9 Å². The quantitative estimate of drug-likeness (QED) is 0.899. The number of hydrogen-bond donors (Lipinski definition) is 1. The van der Waals surface area contributed by atoms with E-state index in [0.29, 0.717) is 12.6 Å². The topological polar surface area (TPSA) is 18.5 Å². The Morgan fingerprint density at radius 3 is 2.95 bits per heavy atom. The molecule has 4 heteroatoms. The van der Waals surface area contributed by atoms with Crippen molar-refractivity contribution in [2.75, 3.05) is 39.1 Å². The molecular formula is C15H24FN3. The summed E-state index contributed by atoms with van der Waals surface area (Å²) in [6.07, 6.45) is 2.44. The van der Waals surface area contributed by atoms with Crippen LogP contribution < -0.4 is 10.2 Å². The number of hydrogen-bond acceptors (Lipinski definition) is 3. The van der Waals surface area contributed by atoms with Crippen molar-refractivity contribution in [1.82, 2.24) is 10.2 Å². The molecule has 3 nitrogen and oxygen atoms in total. The van der Waals surface area contributed by atoms with Gasteiger partial charge in [0.05, 0.1) is 0 Å². The highest BCUT2D eigenvalue weighted by Gasteiger charge is 2.22. The van der Waals surface area contributed by atoms with Crippen LogP contribution in [0.4, 0.5) is 10.1 Å². The van der Waals surface area contributed by atoms with Gasteiger partial charge >= 0.3 is 0 Å². The van der Waals surface area contributed by atoms with Gasteiger partial charge in [-0.3, -0.25) is 0 Å². The molecule has 1 aromatic carbocycles. The zero-order valence-corrected chi connectivity index (χ0v) is 12.1. The third-order valence-electron chi connectivity index (χ3n) is 3.94. The Balaban J connectivity index is 2.19. The summed E-state index contributed by atoms with van der Waals surface area (Å²) in [4.78, 5) is 4.67. The van der Waals surface area contributed by atoms with Crippen LogP contribution in [-0.2, 0) is 6.54 Å². The lowest BCUT2D eigenvalue weighted by Crippen LogP contribution is -2.45. The standard InChI is InChI=1S/C15H24FN3/c1-17-10-12-9-13(16)6-7-15(12)19(3)14-5-4-8-18(2)11-14/h6-7,9,14,17H,4-5,8,10-11H2,1-3H3. The molecule has 1 N–H and O–H groups in total. The lowest BCUT2D eigenvalue weighted by molar-refractivity contribution is 0.248. The number of piperidine rings is 1. The molecule has 0 bridgehead atoms. The van der Waals surface area contributed by atoms with E-state index in [9.17, 15) is 4.39 Å². The zero-order valence-electron chi connectivity index (χ0n) is 12.1. The lowest BCUT2D eigenvalue weighted by Gasteiger charge is -2.38. The van der Waals surface area contributed by atoms with E-state index in [-0.39, 0.29) is 5.82 Å². The Morgan fingerprint density at radius 2 is 2.26 bits per heavy atom. The average molecular weight is 265 g/mol. The van der Waals surface area contributed by atoms with E-state index in [1.54, 1.807) is 12.1 Å². The van der Waals surface area contributed by atoms with Crippen molar-refractivity contribution in [3.05, 3.63) is 29.6 Å². The second-order valence-corrected chi connectivity index (χ2v) is 5.47. The molecule has 1 aliphatic rings. The predicted molar refractivity (Wildman–Crippen MR) is 78.1 cm³/mol. The molecule has 1 saturated heterocycles. The average Bonchev–Trinajstić information content (AvgIpc) is 2.39. The molecule has 0 radical (unpaired) electrons. The number of benzene rings is 1. The van der Waals surface area contributed by atoms with Crippen LogP contribution in [0.1, 0.15) is 18.4 Å². The first-order valence-electron chi connectivity index (χ1n) is 6.96. The smallest absolute Gasteiger partial charge is 0.123 e. The van der Waals surface area contributed by atoms with Crippen molar-refractivity contribution >= 4 is 5.69 Å². The monoisotopic (exact) mass is 265 g/mol. The van der Waals surface area contributed by atoms with Crippen molar-refractivity contribution in [1.29, 1.82) is 0 Å². The summed E-state index contributed by atoms with van der Waals surface area (Å²) in [6, 6.07) is 5.60. The first-order chi connectivity index (χ1) is 9.11.